The molecule has 1 aliphatic carbocycles. The van der Waals surface area contributed by atoms with Gasteiger partial charge in [0.15, 0.2) is 19.7 Å². The first kappa shape index (κ1) is 19.4. The molecule has 1 aromatic rings. The molecule has 0 radical (unpaired) electrons. The van der Waals surface area contributed by atoms with E-state index in [2.05, 4.69) is 0 Å². The highest BCUT2D eigenvalue weighted by atomic mass is 35.5. The fourth-order valence-electron chi connectivity index (χ4n) is 3.33. The van der Waals surface area contributed by atoms with Crippen molar-refractivity contribution < 1.29 is 21.6 Å². The Hall–Kier alpha value is -0.920. The van der Waals surface area contributed by atoms with Gasteiger partial charge < -0.3 is 0 Å². The van der Waals surface area contributed by atoms with Crippen molar-refractivity contribution in [3.8, 4) is 0 Å². The minimum Gasteiger partial charge on any atom is -0.276 e. The zero-order chi connectivity index (χ0) is 18.3. The van der Waals surface area contributed by atoms with E-state index in [4.69, 9.17) is 11.6 Å². The molecule has 1 aliphatic rings. The molecule has 5 nitrogen and oxygen atoms in total. The van der Waals surface area contributed by atoms with Crippen LogP contribution in [0.5, 0.6) is 0 Å². The molecule has 0 N–H and O–H groups in total. The van der Waals surface area contributed by atoms with E-state index in [0.717, 1.165) is 25.2 Å². The van der Waals surface area contributed by atoms with Gasteiger partial charge in [0.25, 0.3) is 5.24 Å². The second-order valence-corrected chi connectivity index (χ2v) is 10.8. The molecule has 0 spiro atoms. The monoisotopic (exact) mass is 392 g/mol. The number of carbonyl (C=O) groups excluding carboxylic acids is 1. The minimum atomic E-state index is -3.83. The summed E-state index contributed by atoms with van der Waals surface area (Å²) in [5, 5.41) is -1.39. The molecular weight excluding hydrogens is 372 g/mol. The highest BCUT2D eigenvalue weighted by molar-refractivity contribution is 7.94. The van der Waals surface area contributed by atoms with Crippen molar-refractivity contribution in [3.05, 3.63) is 23.3 Å². The van der Waals surface area contributed by atoms with Gasteiger partial charge in [-0.1, -0.05) is 20.3 Å². The van der Waals surface area contributed by atoms with Crippen LogP contribution in [0.2, 0.25) is 0 Å². The smallest absolute Gasteiger partial charge is 0.252 e. The molecule has 2 atom stereocenters. The summed E-state index contributed by atoms with van der Waals surface area (Å²) in [4.78, 5) is 11.0. The van der Waals surface area contributed by atoms with Gasteiger partial charge in [-0.25, -0.2) is 16.8 Å². The maximum Gasteiger partial charge on any atom is 0.252 e. The summed E-state index contributed by atoms with van der Waals surface area (Å²) in [5.41, 5.74) is 0.477. The molecule has 0 saturated heterocycles. The number of sulfone groups is 2. The van der Waals surface area contributed by atoms with Gasteiger partial charge in [0.05, 0.1) is 15.0 Å². The number of benzene rings is 1. The molecule has 8 heteroatoms. The van der Waals surface area contributed by atoms with Crippen molar-refractivity contribution in [3.63, 3.8) is 0 Å². The molecule has 0 aliphatic heterocycles. The van der Waals surface area contributed by atoms with Crippen LogP contribution < -0.4 is 0 Å². The fourth-order valence-corrected chi connectivity index (χ4v) is 7.26. The summed E-state index contributed by atoms with van der Waals surface area (Å²) in [6, 6.07) is 2.42. The first-order valence-corrected chi connectivity index (χ1v) is 11.6. The maximum absolute atomic E-state index is 13.1. The van der Waals surface area contributed by atoms with Crippen molar-refractivity contribution in [2.24, 2.45) is 5.92 Å². The lowest BCUT2D eigenvalue weighted by Crippen LogP contribution is -2.26. The molecule has 1 fully saturated rings. The number of halogens is 1. The first-order valence-electron chi connectivity index (χ1n) is 7.80. The number of hydrogen-bond donors (Lipinski definition) is 0. The predicted octanol–water partition coefficient (Wildman–Crippen LogP) is 2.99. The Balaban J connectivity index is 2.79. The molecule has 24 heavy (non-hydrogen) atoms. The van der Waals surface area contributed by atoms with Crippen LogP contribution in [-0.2, 0) is 26.1 Å². The van der Waals surface area contributed by atoms with Crippen LogP contribution in [0, 0.1) is 5.92 Å². The van der Waals surface area contributed by atoms with Gasteiger partial charge in [0, 0.05) is 11.8 Å². The van der Waals surface area contributed by atoms with E-state index in [0.29, 0.717) is 18.4 Å². The van der Waals surface area contributed by atoms with E-state index >= 15 is 0 Å². The summed E-state index contributed by atoms with van der Waals surface area (Å²) in [7, 11) is -7.64. The summed E-state index contributed by atoms with van der Waals surface area (Å²) in [5.74, 6) is -0.0261. The van der Waals surface area contributed by atoms with Gasteiger partial charge in [0.2, 0.25) is 0 Å². The van der Waals surface area contributed by atoms with Crippen molar-refractivity contribution >= 4 is 36.5 Å². The first-order chi connectivity index (χ1) is 11.0. The Kier molecular flexibility index (Phi) is 5.47. The predicted molar refractivity (Wildman–Crippen MR) is 93.1 cm³/mol. The molecule has 0 heterocycles. The van der Waals surface area contributed by atoms with Gasteiger partial charge in [-0.3, -0.25) is 4.79 Å². The van der Waals surface area contributed by atoms with Crippen molar-refractivity contribution in [1.29, 1.82) is 0 Å². The van der Waals surface area contributed by atoms with Crippen molar-refractivity contribution in [2.75, 3.05) is 6.26 Å². The van der Waals surface area contributed by atoms with Crippen molar-refractivity contribution in [2.45, 2.75) is 54.6 Å². The number of hydrogen-bond acceptors (Lipinski definition) is 5. The lowest BCUT2D eigenvalue weighted by Gasteiger charge is -2.20. The van der Waals surface area contributed by atoms with Crippen LogP contribution in [0.3, 0.4) is 0 Å². The maximum atomic E-state index is 13.1. The number of rotatable bonds is 5. The zero-order valence-electron chi connectivity index (χ0n) is 13.9. The molecule has 2 rings (SSSR count). The van der Waals surface area contributed by atoms with Crippen LogP contribution in [0.15, 0.2) is 21.9 Å². The Bertz CT molecular complexity index is 872. The van der Waals surface area contributed by atoms with E-state index in [1.54, 1.807) is 6.92 Å². The van der Waals surface area contributed by atoms with Crippen LogP contribution in [0.4, 0.5) is 0 Å². The van der Waals surface area contributed by atoms with Gasteiger partial charge >= 0.3 is 0 Å². The zero-order valence-corrected chi connectivity index (χ0v) is 16.3. The van der Waals surface area contributed by atoms with Crippen LogP contribution >= 0.6 is 11.6 Å². The summed E-state index contributed by atoms with van der Waals surface area (Å²) >= 11 is 5.54. The molecule has 1 aromatic carbocycles. The normalized spacial score (nSPS) is 21.8. The second kappa shape index (κ2) is 6.77. The van der Waals surface area contributed by atoms with E-state index in [1.807, 2.05) is 6.92 Å². The Morgan fingerprint density at radius 3 is 2.21 bits per heavy atom. The lowest BCUT2D eigenvalue weighted by molar-refractivity contribution is 0.108. The fraction of sp³-hybridized carbons (Fsp3) is 0.562. The number of carbonyl (C=O) groups is 1. The second-order valence-electron chi connectivity index (χ2n) is 6.35. The van der Waals surface area contributed by atoms with Crippen LogP contribution in [0.1, 0.15) is 49.0 Å². The molecule has 1 saturated carbocycles. The third kappa shape index (κ3) is 3.53. The molecule has 0 bridgehead atoms. The van der Waals surface area contributed by atoms with Crippen LogP contribution in [-0.4, -0.2) is 33.6 Å². The highest BCUT2D eigenvalue weighted by Crippen LogP contribution is 2.37. The Labute approximate surface area is 148 Å². The van der Waals surface area contributed by atoms with E-state index in [9.17, 15) is 21.6 Å². The minimum absolute atomic E-state index is 0.0261. The third-order valence-corrected chi connectivity index (χ3v) is 8.57. The summed E-state index contributed by atoms with van der Waals surface area (Å²) in [6.45, 7) is 3.63. The topological polar surface area (TPSA) is 85.3 Å². The largest absolute Gasteiger partial charge is 0.276 e. The lowest BCUT2D eigenvalue weighted by atomic mass is 10.1. The molecule has 134 valence electrons. The van der Waals surface area contributed by atoms with Crippen LogP contribution in [0.25, 0.3) is 0 Å². The third-order valence-electron chi connectivity index (χ3n) is 4.65. The van der Waals surface area contributed by atoms with Gasteiger partial charge in [-0.2, -0.15) is 0 Å². The Morgan fingerprint density at radius 1 is 1.17 bits per heavy atom. The van der Waals surface area contributed by atoms with Gasteiger partial charge in [-0.05, 0) is 54.5 Å². The average Bonchev–Trinajstić information content (AvgIpc) is 2.91. The van der Waals surface area contributed by atoms with E-state index in [1.165, 1.54) is 6.07 Å². The molecular formula is C16H21ClO5S2. The highest BCUT2D eigenvalue weighted by Gasteiger charge is 2.38. The molecule has 0 amide bonds. The van der Waals surface area contributed by atoms with Gasteiger partial charge in [-0.15, -0.1) is 0 Å². The summed E-state index contributed by atoms with van der Waals surface area (Å²) in [6.07, 6.45) is 3.44. The SMILES string of the molecule is CCc1cc(S(=O)(=O)C2CCCC2C)c(S(C)(=O)=O)cc1C(=O)Cl. The average molecular weight is 393 g/mol. The Morgan fingerprint density at radius 2 is 1.79 bits per heavy atom. The molecule has 2 unspecified atom stereocenters. The van der Waals surface area contributed by atoms with E-state index in [-0.39, 0.29) is 21.3 Å². The number of aryl methyl sites for hydroxylation is 1. The van der Waals surface area contributed by atoms with E-state index < -0.39 is 30.2 Å². The summed E-state index contributed by atoms with van der Waals surface area (Å²) < 4.78 is 50.5. The molecule has 0 aromatic heterocycles. The van der Waals surface area contributed by atoms with Gasteiger partial charge in [0.1, 0.15) is 0 Å². The van der Waals surface area contributed by atoms with Crippen molar-refractivity contribution in [1.82, 2.24) is 0 Å². The standard InChI is InChI=1S/C16H21ClO5S2/c1-4-11-8-15(24(21,22)13-7-5-6-10(13)2)14(23(3,19)20)9-12(11)16(17)18/h8-10,13H,4-7H2,1-3H3. The quantitative estimate of drug-likeness (QED) is 0.719.